The van der Waals surface area contributed by atoms with Crippen molar-refractivity contribution in [2.45, 2.75) is 52.6 Å². The fourth-order valence-electron chi connectivity index (χ4n) is 4.30. The maximum Gasteiger partial charge on any atom is 0.337 e. The van der Waals surface area contributed by atoms with Gasteiger partial charge in [0, 0.05) is 22.9 Å². The number of carbonyl (C=O) groups excluding carboxylic acids is 3. The second kappa shape index (κ2) is 9.04. The molecule has 166 valence electrons. The number of carbonyl (C=O) groups is 3. The Hall–Kier alpha value is -2.96. The van der Waals surface area contributed by atoms with Gasteiger partial charge in [-0.05, 0) is 50.3 Å². The molecule has 3 rings (SSSR count). The van der Waals surface area contributed by atoms with Crippen LogP contribution in [0.1, 0.15) is 52.0 Å². The molecule has 1 aliphatic carbocycles. The second-order valence-corrected chi connectivity index (χ2v) is 8.21. The summed E-state index contributed by atoms with van der Waals surface area (Å²) >= 11 is 0. The van der Waals surface area contributed by atoms with E-state index in [9.17, 15) is 18.8 Å². The number of allylic oxidation sites excluding steroid dienone is 3. The fraction of sp³-hybridized carbons (Fsp3) is 0.458. The maximum absolute atomic E-state index is 14.1. The molecule has 4 atom stereocenters. The molecular weight excluding hydrogens is 401 g/mol. The van der Waals surface area contributed by atoms with Gasteiger partial charge < -0.3 is 14.8 Å². The third-order valence-corrected chi connectivity index (χ3v) is 6.03. The van der Waals surface area contributed by atoms with E-state index in [0.717, 1.165) is 0 Å². The first-order valence-electron chi connectivity index (χ1n) is 10.5. The van der Waals surface area contributed by atoms with Crippen LogP contribution in [0.2, 0.25) is 0 Å². The molecule has 0 aromatic heterocycles. The average Bonchev–Trinajstić information content (AvgIpc) is 2.72. The summed E-state index contributed by atoms with van der Waals surface area (Å²) in [6.07, 6.45) is 0.740. The Labute approximate surface area is 181 Å². The van der Waals surface area contributed by atoms with Crippen molar-refractivity contribution in [3.8, 4) is 0 Å². The predicted molar refractivity (Wildman–Crippen MR) is 112 cm³/mol. The number of methoxy groups -OCH3 is 1. The highest BCUT2D eigenvalue weighted by atomic mass is 19.1. The van der Waals surface area contributed by atoms with E-state index in [-0.39, 0.29) is 17.6 Å². The Morgan fingerprint density at radius 1 is 1.32 bits per heavy atom. The summed E-state index contributed by atoms with van der Waals surface area (Å²) in [7, 11) is 1.24. The number of halogens is 1. The smallest absolute Gasteiger partial charge is 0.337 e. The van der Waals surface area contributed by atoms with Crippen LogP contribution in [0, 0.1) is 17.7 Å². The number of Topliss-reactive ketones (excluding diaryl/α,β-unsaturated/α-hetero) is 1. The van der Waals surface area contributed by atoms with Gasteiger partial charge in [-0.15, -0.1) is 0 Å². The quantitative estimate of drug-likeness (QED) is 0.567. The van der Waals surface area contributed by atoms with Crippen LogP contribution in [-0.2, 0) is 23.9 Å². The molecule has 1 N–H and O–H groups in total. The largest absolute Gasteiger partial charge is 0.468 e. The molecule has 7 heteroatoms. The van der Waals surface area contributed by atoms with Crippen LogP contribution in [0.3, 0.4) is 0 Å². The van der Waals surface area contributed by atoms with Crippen LogP contribution >= 0.6 is 0 Å². The number of hydrogen-bond donors (Lipinski definition) is 1. The molecule has 0 fully saturated rings. The minimum absolute atomic E-state index is 0.246. The van der Waals surface area contributed by atoms with E-state index in [1.807, 2.05) is 13.8 Å². The number of benzene rings is 1. The summed E-state index contributed by atoms with van der Waals surface area (Å²) in [4.78, 5) is 39.0. The maximum atomic E-state index is 14.1. The number of esters is 2. The minimum atomic E-state index is -0.980. The fourth-order valence-corrected chi connectivity index (χ4v) is 4.30. The lowest BCUT2D eigenvalue weighted by Crippen LogP contribution is -2.43. The highest BCUT2D eigenvalue weighted by Gasteiger charge is 2.47. The van der Waals surface area contributed by atoms with E-state index in [1.54, 1.807) is 19.9 Å². The Bertz CT molecular complexity index is 980. The molecule has 1 heterocycles. The van der Waals surface area contributed by atoms with E-state index in [2.05, 4.69) is 5.32 Å². The van der Waals surface area contributed by atoms with Gasteiger partial charge >= 0.3 is 11.9 Å². The summed E-state index contributed by atoms with van der Waals surface area (Å²) in [5.74, 6) is -4.17. The van der Waals surface area contributed by atoms with Gasteiger partial charge in [0.1, 0.15) is 11.7 Å². The summed E-state index contributed by atoms with van der Waals surface area (Å²) < 4.78 is 24.6. The molecule has 0 bridgehead atoms. The highest BCUT2D eigenvalue weighted by molar-refractivity contribution is 6.12. The molecule has 2 aliphatic rings. The van der Waals surface area contributed by atoms with Crippen LogP contribution in [0.15, 0.2) is 46.8 Å². The number of nitrogens with one attached hydrogen (secondary N) is 1. The average molecular weight is 429 g/mol. The van der Waals surface area contributed by atoms with Crippen molar-refractivity contribution >= 4 is 17.7 Å². The molecule has 4 unspecified atom stereocenters. The van der Waals surface area contributed by atoms with Crippen molar-refractivity contribution in [3.63, 3.8) is 0 Å². The Balaban J connectivity index is 2.17. The van der Waals surface area contributed by atoms with Crippen LogP contribution < -0.4 is 5.32 Å². The molecule has 31 heavy (non-hydrogen) atoms. The van der Waals surface area contributed by atoms with Gasteiger partial charge in [0.25, 0.3) is 0 Å². The van der Waals surface area contributed by atoms with E-state index in [4.69, 9.17) is 9.47 Å². The number of dihydropyridines is 1. The number of rotatable bonds is 5. The first-order chi connectivity index (χ1) is 14.7. The summed E-state index contributed by atoms with van der Waals surface area (Å²) in [5.41, 5.74) is 2.19. The Morgan fingerprint density at radius 2 is 2.03 bits per heavy atom. The summed E-state index contributed by atoms with van der Waals surface area (Å²) in [6.45, 7) is 7.24. The molecule has 1 aromatic rings. The molecule has 0 saturated carbocycles. The number of ether oxygens (including phenoxy) is 2. The Kier molecular flexibility index (Phi) is 6.62. The van der Waals surface area contributed by atoms with Crippen molar-refractivity contribution in [2.24, 2.45) is 11.8 Å². The zero-order valence-corrected chi connectivity index (χ0v) is 18.5. The zero-order valence-electron chi connectivity index (χ0n) is 18.5. The van der Waals surface area contributed by atoms with Gasteiger partial charge in [0.15, 0.2) is 5.78 Å². The third-order valence-electron chi connectivity index (χ3n) is 6.03. The molecule has 0 radical (unpaired) electrons. The molecule has 0 saturated heterocycles. The molecule has 1 aromatic carbocycles. The van der Waals surface area contributed by atoms with Crippen LogP contribution in [-0.4, -0.2) is 30.9 Å². The first kappa shape index (κ1) is 22.7. The van der Waals surface area contributed by atoms with Crippen molar-refractivity contribution < 1.29 is 28.2 Å². The van der Waals surface area contributed by atoms with Crippen LogP contribution in [0.25, 0.3) is 0 Å². The van der Waals surface area contributed by atoms with Gasteiger partial charge in [0.2, 0.25) is 0 Å². The van der Waals surface area contributed by atoms with Crippen LogP contribution in [0.4, 0.5) is 4.39 Å². The molecule has 0 spiro atoms. The summed E-state index contributed by atoms with van der Waals surface area (Å²) in [5, 5.41) is 3.18. The van der Waals surface area contributed by atoms with Crippen molar-refractivity contribution in [1.29, 1.82) is 0 Å². The van der Waals surface area contributed by atoms with Gasteiger partial charge in [-0.3, -0.25) is 9.59 Å². The SMILES string of the molecule is CCC(C)OC(=O)C1=C(C)NC2=C(C(=O)C(C(=O)OC)C(C)C2)C1c1cccc(F)c1. The van der Waals surface area contributed by atoms with E-state index >= 15 is 0 Å². The molecule has 0 amide bonds. The van der Waals surface area contributed by atoms with Crippen molar-refractivity contribution in [3.05, 3.63) is 58.2 Å². The van der Waals surface area contributed by atoms with Gasteiger partial charge in [0.05, 0.1) is 18.8 Å². The molecular formula is C24H28FNO5. The molecule has 1 aliphatic heterocycles. The van der Waals surface area contributed by atoms with E-state index in [0.29, 0.717) is 35.4 Å². The standard InChI is InChI=1S/C24H28FNO5/c1-6-13(3)31-24(29)19-14(4)26-17-10-12(2)18(23(28)30-5)22(27)21(17)20(19)15-8-7-9-16(25)11-15/h7-9,11-13,18,20,26H,6,10H2,1-5H3. The third kappa shape index (κ3) is 4.27. The first-order valence-corrected chi connectivity index (χ1v) is 10.5. The van der Waals surface area contributed by atoms with Crippen LogP contribution in [0.5, 0.6) is 0 Å². The second-order valence-electron chi connectivity index (χ2n) is 8.21. The van der Waals surface area contributed by atoms with E-state index < -0.39 is 35.4 Å². The zero-order chi connectivity index (χ0) is 22.9. The Morgan fingerprint density at radius 3 is 2.65 bits per heavy atom. The summed E-state index contributed by atoms with van der Waals surface area (Å²) in [6, 6.07) is 5.82. The number of ketones is 1. The lowest BCUT2D eigenvalue weighted by atomic mass is 9.69. The predicted octanol–water partition coefficient (Wildman–Crippen LogP) is 3.78. The lowest BCUT2D eigenvalue weighted by molar-refractivity contribution is -0.151. The lowest BCUT2D eigenvalue weighted by Gasteiger charge is -2.38. The van der Waals surface area contributed by atoms with Gasteiger partial charge in [-0.1, -0.05) is 26.0 Å². The number of hydrogen-bond acceptors (Lipinski definition) is 6. The molecule has 6 nitrogen and oxygen atoms in total. The highest BCUT2D eigenvalue weighted by Crippen LogP contribution is 2.45. The monoisotopic (exact) mass is 429 g/mol. The van der Waals surface area contributed by atoms with Gasteiger partial charge in [-0.2, -0.15) is 0 Å². The van der Waals surface area contributed by atoms with Crippen molar-refractivity contribution in [1.82, 2.24) is 5.32 Å². The normalized spacial score (nSPS) is 24.3. The van der Waals surface area contributed by atoms with Gasteiger partial charge in [-0.25, -0.2) is 9.18 Å². The minimum Gasteiger partial charge on any atom is -0.468 e. The van der Waals surface area contributed by atoms with E-state index in [1.165, 1.54) is 25.3 Å². The van der Waals surface area contributed by atoms with Crippen molar-refractivity contribution in [2.75, 3.05) is 7.11 Å². The topological polar surface area (TPSA) is 81.7 Å².